The molecule has 6 nitrogen and oxygen atoms in total. The van der Waals surface area contributed by atoms with Crippen molar-refractivity contribution >= 4 is 5.91 Å². The summed E-state index contributed by atoms with van der Waals surface area (Å²) < 4.78 is 5.33. The Hall–Kier alpha value is -2.47. The van der Waals surface area contributed by atoms with Gasteiger partial charge in [-0.3, -0.25) is 9.69 Å². The first kappa shape index (κ1) is 18.9. The molecule has 0 radical (unpaired) electrons. The third kappa shape index (κ3) is 4.17. The molecule has 0 N–H and O–H groups in total. The van der Waals surface area contributed by atoms with Crippen LogP contribution >= 0.6 is 0 Å². The second kappa shape index (κ2) is 8.27. The number of benzene rings is 1. The quantitative estimate of drug-likeness (QED) is 0.816. The van der Waals surface area contributed by atoms with Crippen LogP contribution in [0.5, 0.6) is 5.75 Å². The van der Waals surface area contributed by atoms with Crippen molar-refractivity contribution in [1.29, 1.82) is 0 Å². The van der Waals surface area contributed by atoms with Gasteiger partial charge >= 0.3 is 0 Å². The first-order chi connectivity index (χ1) is 13.6. The van der Waals surface area contributed by atoms with Crippen molar-refractivity contribution in [2.45, 2.75) is 45.2 Å². The molecule has 2 aliphatic heterocycles. The predicted molar refractivity (Wildman–Crippen MR) is 107 cm³/mol. The Bertz CT molecular complexity index is 846. The second-order valence-corrected chi connectivity index (χ2v) is 7.79. The van der Waals surface area contributed by atoms with Crippen LogP contribution < -0.4 is 4.74 Å². The van der Waals surface area contributed by atoms with Crippen molar-refractivity contribution in [2.75, 3.05) is 26.7 Å². The van der Waals surface area contributed by atoms with Crippen LogP contribution in [0.3, 0.4) is 0 Å². The molecule has 1 aromatic carbocycles. The van der Waals surface area contributed by atoms with Crippen LogP contribution in [-0.2, 0) is 24.3 Å². The highest BCUT2D eigenvalue weighted by Crippen LogP contribution is 2.28. The van der Waals surface area contributed by atoms with Crippen molar-refractivity contribution in [3.63, 3.8) is 0 Å². The molecule has 1 aromatic heterocycles. The first-order valence-electron chi connectivity index (χ1n) is 10.1. The molecular formula is C22H28N4O2. The van der Waals surface area contributed by atoms with Crippen LogP contribution in [0.2, 0.25) is 0 Å². The minimum Gasteiger partial charge on any atom is -0.497 e. The minimum atomic E-state index is 0.123. The molecule has 0 saturated carbocycles. The number of hydrogen-bond donors (Lipinski definition) is 0. The highest BCUT2D eigenvalue weighted by molar-refractivity contribution is 5.73. The van der Waals surface area contributed by atoms with Crippen molar-refractivity contribution in [1.82, 2.24) is 19.8 Å². The van der Waals surface area contributed by atoms with Gasteiger partial charge in [0.2, 0.25) is 5.91 Å². The molecule has 148 valence electrons. The second-order valence-electron chi connectivity index (χ2n) is 7.79. The summed E-state index contributed by atoms with van der Waals surface area (Å²) in [5.41, 5.74) is 3.51. The Kier molecular flexibility index (Phi) is 5.57. The van der Waals surface area contributed by atoms with Gasteiger partial charge in [0.15, 0.2) is 0 Å². The van der Waals surface area contributed by atoms with Crippen LogP contribution in [0.1, 0.15) is 48.3 Å². The van der Waals surface area contributed by atoms with E-state index in [1.165, 1.54) is 5.56 Å². The Balaban J connectivity index is 1.36. The summed E-state index contributed by atoms with van der Waals surface area (Å²) in [6, 6.07) is 8.31. The number of carbonyl (C=O) groups is 1. The SMILES string of the molecule is COc1cccc(CN2CCC(c3ncc4c(n3)CCN(C(C)=O)C4)CC2)c1. The maximum atomic E-state index is 11.6. The van der Waals surface area contributed by atoms with Crippen LogP contribution in [0.4, 0.5) is 0 Å². The van der Waals surface area contributed by atoms with Gasteiger partial charge < -0.3 is 9.64 Å². The maximum Gasteiger partial charge on any atom is 0.219 e. The molecule has 1 saturated heterocycles. The van der Waals surface area contributed by atoms with Crippen LogP contribution in [0.25, 0.3) is 0 Å². The predicted octanol–water partition coefficient (Wildman–Crippen LogP) is 2.77. The van der Waals surface area contributed by atoms with Crippen molar-refractivity contribution in [2.24, 2.45) is 0 Å². The smallest absolute Gasteiger partial charge is 0.219 e. The van der Waals surface area contributed by atoms with Gasteiger partial charge in [0.1, 0.15) is 11.6 Å². The van der Waals surface area contributed by atoms with E-state index in [1.807, 2.05) is 17.2 Å². The zero-order valence-electron chi connectivity index (χ0n) is 16.7. The fraction of sp³-hybridized carbons (Fsp3) is 0.500. The molecule has 6 heteroatoms. The summed E-state index contributed by atoms with van der Waals surface area (Å²) >= 11 is 0. The molecule has 0 atom stereocenters. The summed E-state index contributed by atoms with van der Waals surface area (Å²) in [5, 5.41) is 0. The molecule has 2 aromatic rings. The van der Waals surface area contributed by atoms with Crippen molar-refractivity contribution in [3.8, 4) is 5.75 Å². The van der Waals surface area contributed by atoms with Crippen LogP contribution in [0, 0.1) is 0 Å². The molecule has 0 unspecified atom stereocenters. The Labute approximate surface area is 166 Å². The number of likely N-dealkylation sites (tertiary alicyclic amines) is 1. The van der Waals surface area contributed by atoms with Gasteiger partial charge in [-0.05, 0) is 43.6 Å². The number of rotatable bonds is 4. The Morgan fingerprint density at radius 2 is 2.07 bits per heavy atom. The summed E-state index contributed by atoms with van der Waals surface area (Å²) in [6.45, 7) is 6.10. The van der Waals surface area contributed by atoms with E-state index in [9.17, 15) is 4.79 Å². The van der Waals surface area contributed by atoms with E-state index in [-0.39, 0.29) is 5.91 Å². The summed E-state index contributed by atoms with van der Waals surface area (Å²) in [6.07, 6.45) is 4.94. The number of methoxy groups -OCH3 is 1. The fourth-order valence-electron chi connectivity index (χ4n) is 4.18. The Morgan fingerprint density at radius 1 is 1.25 bits per heavy atom. The number of amides is 1. The van der Waals surface area contributed by atoms with E-state index in [4.69, 9.17) is 9.72 Å². The highest BCUT2D eigenvalue weighted by Gasteiger charge is 2.25. The largest absolute Gasteiger partial charge is 0.497 e. The third-order valence-electron chi connectivity index (χ3n) is 5.89. The lowest BCUT2D eigenvalue weighted by atomic mass is 9.95. The lowest BCUT2D eigenvalue weighted by Gasteiger charge is -2.32. The maximum absolute atomic E-state index is 11.6. The van der Waals surface area contributed by atoms with E-state index >= 15 is 0 Å². The number of carbonyl (C=O) groups excluding carboxylic acids is 1. The van der Waals surface area contributed by atoms with Crippen molar-refractivity contribution in [3.05, 3.63) is 53.1 Å². The van der Waals surface area contributed by atoms with E-state index in [1.54, 1.807) is 14.0 Å². The highest BCUT2D eigenvalue weighted by atomic mass is 16.5. The average molecular weight is 380 g/mol. The third-order valence-corrected chi connectivity index (χ3v) is 5.89. The molecule has 1 fully saturated rings. The number of aromatic nitrogens is 2. The fourth-order valence-corrected chi connectivity index (χ4v) is 4.18. The van der Waals surface area contributed by atoms with Crippen molar-refractivity contribution < 1.29 is 9.53 Å². The minimum absolute atomic E-state index is 0.123. The van der Waals surface area contributed by atoms with Crippen LogP contribution in [-0.4, -0.2) is 52.4 Å². The molecule has 0 spiro atoms. The molecule has 1 amide bonds. The normalized spacial score (nSPS) is 18.0. The molecule has 3 heterocycles. The van der Waals surface area contributed by atoms with Gasteiger partial charge in [-0.1, -0.05) is 12.1 Å². The average Bonchev–Trinajstić information content (AvgIpc) is 2.73. The monoisotopic (exact) mass is 380 g/mol. The lowest BCUT2D eigenvalue weighted by molar-refractivity contribution is -0.129. The summed E-state index contributed by atoms with van der Waals surface area (Å²) in [5.74, 6) is 2.45. The van der Waals surface area contributed by atoms with Gasteiger partial charge in [0.05, 0.1) is 12.8 Å². The standard InChI is InChI=1S/C22H28N4O2/c1-16(27)26-11-8-21-19(15-26)13-23-22(24-21)18-6-9-25(10-7-18)14-17-4-3-5-20(12-17)28-2/h3-5,12-13,18H,6-11,14-15H2,1-2H3. The number of hydrogen-bond acceptors (Lipinski definition) is 5. The van der Waals surface area contributed by atoms with E-state index < -0.39 is 0 Å². The molecule has 0 bridgehead atoms. The van der Waals surface area contributed by atoms with E-state index in [0.29, 0.717) is 12.5 Å². The number of fused-ring (bicyclic) bond motifs is 1. The molecular weight excluding hydrogens is 352 g/mol. The topological polar surface area (TPSA) is 58.6 Å². The van der Waals surface area contributed by atoms with Gasteiger partial charge in [0, 0.05) is 50.7 Å². The molecule has 4 rings (SSSR count). The zero-order valence-corrected chi connectivity index (χ0v) is 16.7. The number of ether oxygens (including phenoxy) is 1. The van der Waals surface area contributed by atoms with Gasteiger partial charge in [-0.15, -0.1) is 0 Å². The van der Waals surface area contributed by atoms with Crippen LogP contribution in [0.15, 0.2) is 30.5 Å². The first-order valence-corrected chi connectivity index (χ1v) is 10.1. The molecule has 2 aliphatic rings. The van der Waals surface area contributed by atoms with Gasteiger partial charge in [-0.2, -0.15) is 0 Å². The van der Waals surface area contributed by atoms with Gasteiger partial charge in [0.25, 0.3) is 0 Å². The van der Waals surface area contributed by atoms with E-state index in [2.05, 4.69) is 28.1 Å². The van der Waals surface area contributed by atoms with Gasteiger partial charge in [-0.25, -0.2) is 9.97 Å². The number of piperidine rings is 1. The molecule has 28 heavy (non-hydrogen) atoms. The Morgan fingerprint density at radius 3 is 2.82 bits per heavy atom. The van der Waals surface area contributed by atoms with E-state index in [0.717, 1.165) is 68.3 Å². The molecule has 0 aliphatic carbocycles. The summed E-state index contributed by atoms with van der Waals surface area (Å²) in [4.78, 5) is 25.5. The summed E-state index contributed by atoms with van der Waals surface area (Å²) in [7, 11) is 1.71. The number of nitrogens with zero attached hydrogens (tertiary/aromatic N) is 4. The lowest BCUT2D eigenvalue weighted by Crippen LogP contribution is -2.35. The zero-order chi connectivity index (χ0) is 19.5.